The lowest BCUT2D eigenvalue weighted by molar-refractivity contribution is 0.417. The summed E-state index contributed by atoms with van der Waals surface area (Å²) in [5.74, 6) is 3.03. The van der Waals surface area contributed by atoms with E-state index in [9.17, 15) is 0 Å². The van der Waals surface area contributed by atoms with Gasteiger partial charge in [-0.3, -0.25) is 0 Å². The van der Waals surface area contributed by atoms with Gasteiger partial charge in [-0.05, 0) is 31.0 Å². The summed E-state index contributed by atoms with van der Waals surface area (Å²) >= 11 is 0. The highest BCUT2D eigenvalue weighted by Gasteiger charge is 2.06. The quantitative estimate of drug-likeness (QED) is 0.678. The molecule has 5 heteroatoms. The smallest absolute Gasteiger partial charge is 0.142 e. The van der Waals surface area contributed by atoms with Crippen molar-refractivity contribution in [3.8, 4) is 5.75 Å². The van der Waals surface area contributed by atoms with Gasteiger partial charge in [-0.15, -0.1) is 0 Å². The number of hydrogen-bond acceptors (Lipinski definition) is 5. The van der Waals surface area contributed by atoms with Crippen LogP contribution in [0.15, 0.2) is 60.7 Å². The summed E-state index contributed by atoms with van der Waals surface area (Å²) in [6.07, 6.45) is 0.944. The van der Waals surface area contributed by atoms with Gasteiger partial charge < -0.3 is 15.4 Å². The van der Waals surface area contributed by atoms with Gasteiger partial charge >= 0.3 is 0 Å². The predicted octanol–water partition coefficient (Wildman–Crippen LogP) is 4.19. The van der Waals surface area contributed by atoms with Gasteiger partial charge in [0.1, 0.15) is 23.2 Å². The molecular formula is C20H22N4O. The number of ether oxygens (including phenoxy) is 1. The van der Waals surface area contributed by atoms with Crippen LogP contribution in [-0.4, -0.2) is 23.6 Å². The van der Waals surface area contributed by atoms with Crippen molar-refractivity contribution in [1.29, 1.82) is 0 Å². The van der Waals surface area contributed by atoms with Gasteiger partial charge in [0.15, 0.2) is 0 Å². The maximum absolute atomic E-state index is 5.37. The molecule has 3 aromatic rings. The Morgan fingerprint density at radius 1 is 0.920 bits per heavy atom. The van der Waals surface area contributed by atoms with Gasteiger partial charge in [0.2, 0.25) is 0 Å². The van der Waals surface area contributed by atoms with Crippen molar-refractivity contribution >= 4 is 17.3 Å². The molecule has 2 aromatic carbocycles. The number of methoxy groups -OCH3 is 1. The zero-order valence-corrected chi connectivity index (χ0v) is 14.5. The fraction of sp³-hybridized carbons (Fsp3) is 0.200. The minimum absolute atomic E-state index is 0.710. The van der Waals surface area contributed by atoms with Gasteiger partial charge in [-0.1, -0.05) is 42.5 Å². The van der Waals surface area contributed by atoms with Crippen molar-refractivity contribution in [3.63, 3.8) is 0 Å². The lowest BCUT2D eigenvalue weighted by Gasteiger charge is -2.12. The second-order valence-corrected chi connectivity index (χ2v) is 5.67. The van der Waals surface area contributed by atoms with E-state index in [-0.39, 0.29) is 0 Å². The monoisotopic (exact) mass is 334 g/mol. The largest absolute Gasteiger partial charge is 0.495 e. The van der Waals surface area contributed by atoms with Gasteiger partial charge in [0, 0.05) is 12.6 Å². The first-order valence-corrected chi connectivity index (χ1v) is 8.28. The van der Waals surface area contributed by atoms with Crippen LogP contribution < -0.4 is 15.4 Å². The van der Waals surface area contributed by atoms with Crippen molar-refractivity contribution in [3.05, 3.63) is 72.1 Å². The van der Waals surface area contributed by atoms with Crippen LogP contribution in [-0.2, 0) is 6.42 Å². The number of benzene rings is 2. The third-order valence-electron chi connectivity index (χ3n) is 3.77. The highest BCUT2D eigenvalue weighted by molar-refractivity contribution is 5.65. The SMILES string of the molecule is COc1ccccc1Nc1cc(NCCc2ccccc2)nc(C)n1. The molecule has 2 N–H and O–H groups in total. The fourth-order valence-electron chi connectivity index (χ4n) is 2.59. The molecule has 0 aliphatic carbocycles. The Bertz CT molecular complexity index is 821. The molecule has 0 aliphatic rings. The first-order valence-electron chi connectivity index (χ1n) is 8.28. The molecule has 0 aliphatic heterocycles. The van der Waals surface area contributed by atoms with E-state index in [4.69, 9.17) is 4.74 Å². The Hall–Kier alpha value is -3.08. The van der Waals surface area contributed by atoms with Crippen molar-refractivity contribution in [1.82, 2.24) is 9.97 Å². The summed E-state index contributed by atoms with van der Waals surface area (Å²) in [5.41, 5.74) is 2.17. The molecule has 1 aromatic heterocycles. The second kappa shape index (κ2) is 8.15. The summed E-state index contributed by atoms with van der Waals surface area (Å²) < 4.78 is 5.37. The summed E-state index contributed by atoms with van der Waals surface area (Å²) in [7, 11) is 1.66. The number of anilines is 3. The number of nitrogens with one attached hydrogen (secondary N) is 2. The average Bonchev–Trinajstić information content (AvgIpc) is 2.63. The van der Waals surface area contributed by atoms with Crippen molar-refractivity contribution < 1.29 is 4.74 Å². The molecule has 5 nitrogen and oxygen atoms in total. The molecule has 0 radical (unpaired) electrons. The molecule has 0 spiro atoms. The van der Waals surface area contributed by atoms with Crippen LogP contribution in [0, 0.1) is 6.92 Å². The predicted molar refractivity (Wildman–Crippen MR) is 102 cm³/mol. The normalized spacial score (nSPS) is 10.3. The molecular weight excluding hydrogens is 312 g/mol. The topological polar surface area (TPSA) is 59.1 Å². The van der Waals surface area contributed by atoms with Crippen molar-refractivity contribution in [2.45, 2.75) is 13.3 Å². The first kappa shape index (κ1) is 16.8. The van der Waals surface area contributed by atoms with E-state index in [1.165, 1.54) is 5.56 Å². The van der Waals surface area contributed by atoms with E-state index in [1.807, 2.05) is 43.3 Å². The third kappa shape index (κ3) is 4.70. The molecule has 128 valence electrons. The summed E-state index contributed by atoms with van der Waals surface area (Å²) in [6, 6.07) is 20.1. The highest BCUT2D eigenvalue weighted by Crippen LogP contribution is 2.26. The lowest BCUT2D eigenvalue weighted by Crippen LogP contribution is -2.08. The van der Waals surface area contributed by atoms with Crippen LogP contribution in [0.2, 0.25) is 0 Å². The molecule has 3 rings (SSSR count). The Balaban J connectivity index is 1.68. The van der Waals surface area contributed by atoms with Crippen LogP contribution in [0.4, 0.5) is 17.3 Å². The van der Waals surface area contributed by atoms with Crippen LogP contribution >= 0.6 is 0 Å². The van der Waals surface area contributed by atoms with Crippen LogP contribution in [0.5, 0.6) is 5.75 Å². The minimum atomic E-state index is 0.710. The van der Waals surface area contributed by atoms with E-state index in [0.29, 0.717) is 5.82 Å². The second-order valence-electron chi connectivity index (χ2n) is 5.67. The fourth-order valence-corrected chi connectivity index (χ4v) is 2.59. The molecule has 0 saturated heterocycles. The van der Waals surface area contributed by atoms with Gasteiger partial charge in [-0.25, -0.2) is 9.97 Å². The average molecular weight is 334 g/mol. The highest BCUT2D eigenvalue weighted by atomic mass is 16.5. The van der Waals surface area contributed by atoms with Gasteiger partial charge in [0.05, 0.1) is 12.8 Å². The number of para-hydroxylation sites is 2. The van der Waals surface area contributed by atoms with E-state index < -0.39 is 0 Å². The van der Waals surface area contributed by atoms with Gasteiger partial charge in [-0.2, -0.15) is 0 Å². The Labute approximate surface area is 148 Å². The van der Waals surface area contributed by atoms with E-state index >= 15 is 0 Å². The Morgan fingerprint density at radius 3 is 2.44 bits per heavy atom. The molecule has 0 atom stereocenters. The number of nitrogens with zero attached hydrogens (tertiary/aromatic N) is 2. The van der Waals surface area contributed by atoms with Gasteiger partial charge in [0.25, 0.3) is 0 Å². The molecule has 0 bridgehead atoms. The number of hydrogen-bond donors (Lipinski definition) is 2. The third-order valence-corrected chi connectivity index (χ3v) is 3.77. The Kier molecular flexibility index (Phi) is 5.46. The Morgan fingerprint density at radius 2 is 1.64 bits per heavy atom. The van der Waals surface area contributed by atoms with Crippen LogP contribution in [0.25, 0.3) is 0 Å². The standard InChI is InChI=1S/C20H22N4O/c1-15-22-19(21-13-12-16-8-4-3-5-9-16)14-20(23-15)24-17-10-6-7-11-18(17)25-2/h3-11,14H,12-13H2,1-2H3,(H2,21,22,23,24). The van der Waals surface area contributed by atoms with E-state index in [1.54, 1.807) is 7.11 Å². The molecule has 0 unspecified atom stereocenters. The van der Waals surface area contributed by atoms with Crippen molar-refractivity contribution in [2.24, 2.45) is 0 Å². The zero-order chi connectivity index (χ0) is 17.5. The number of rotatable bonds is 7. The van der Waals surface area contributed by atoms with Crippen LogP contribution in [0.1, 0.15) is 11.4 Å². The first-order chi connectivity index (χ1) is 12.2. The van der Waals surface area contributed by atoms with E-state index in [0.717, 1.165) is 36.0 Å². The molecule has 0 saturated carbocycles. The summed E-state index contributed by atoms with van der Waals surface area (Å²) in [6.45, 7) is 2.70. The van der Waals surface area contributed by atoms with Crippen LogP contribution in [0.3, 0.4) is 0 Å². The maximum Gasteiger partial charge on any atom is 0.142 e. The molecule has 0 amide bonds. The lowest BCUT2D eigenvalue weighted by atomic mass is 10.1. The summed E-state index contributed by atoms with van der Waals surface area (Å²) in [4.78, 5) is 8.91. The van der Waals surface area contributed by atoms with E-state index in [2.05, 4.69) is 44.9 Å². The van der Waals surface area contributed by atoms with Crippen molar-refractivity contribution in [2.75, 3.05) is 24.3 Å². The zero-order valence-electron chi connectivity index (χ0n) is 14.5. The maximum atomic E-state index is 5.37. The minimum Gasteiger partial charge on any atom is -0.495 e. The molecule has 1 heterocycles. The number of aryl methyl sites for hydroxylation is 1. The molecule has 0 fully saturated rings. The molecule has 25 heavy (non-hydrogen) atoms. The summed E-state index contributed by atoms with van der Waals surface area (Å²) in [5, 5.41) is 6.66. The number of aromatic nitrogens is 2.